The molecule has 7 nitrogen and oxygen atoms in total. The molecule has 0 saturated carbocycles. The van der Waals surface area contributed by atoms with Crippen molar-refractivity contribution in [3.8, 4) is 17.2 Å². The average Bonchev–Trinajstić information content (AvgIpc) is 3.31. The summed E-state index contributed by atoms with van der Waals surface area (Å²) in [5, 5.41) is 19.5. The first kappa shape index (κ1) is 22.9. The maximum absolute atomic E-state index is 13.2. The number of hydrogen-bond donors (Lipinski definition) is 2. The molecule has 2 aromatic carbocycles. The van der Waals surface area contributed by atoms with Crippen molar-refractivity contribution in [2.45, 2.75) is 18.9 Å². The van der Waals surface area contributed by atoms with Gasteiger partial charge in [-0.2, -0.15) is 10.4 Å². The Morgan fingerprint density at radius 2 is 1.76 bits per heavy atom. The zero-order valence-corrected chi connectivity index (χ0v) is 19.1. The third kappa shape index (κ3) is 5.55. The maximum Gasteiger partial charge on any atom is 0.247 e. The molecule has 0 aliphatic rings. The number of aromatic nitrogens is 3. The van der Waals surface area contributed by atoms with Crippen molar-refractivity contribution in [2.24, 2.45) is 7.05 Å². The van der Waals surface area contributed by atoms with Crippen molar-refractivity contribution in [1.82, 2.24) is 20.1 Å². The maximum atomic E-state index is 13.2. The quantitative estimate of drug-likeness (QED) is 0.414. The molecule has 2 atom stereocenters. The van der Waals surface area contributed by atoms with Gasteiger partial charge in [0.05, 0.1) is 17.8 Å². The third-order valence-corrected chi connectivity index (χ3v) is 5.69. The van der Waals surface area contributed by atoms with E-state index < -0.39 is 6.04 Å². The lowest BCUT2D eigenvalue weighted by Crippen LogP contribution is -2.35. The number of aryl methyl sites for hydroxylation is 1. The zero-order chi connectivity index (χ0) is 23.9. The number of hydrogen-bond acceptors (Lipinski definition) is 5. The van der Waals surface area contributed by atoms with Gasteiger partial charge in [0.2, 0.25) is 5.91 Å². The molecular formula is C27H26N6O. The third-order valence-electron chi connectivity index (χ3n) is 5.69. The van der Waals surface area contributed by atoms with Gasteiger partial charge in [0.25, 0.3) is 0 Å². The first-order valence-electron chi connectivity index (χ1n) is 11.1. The summed E-state index contributed by atoms with van der Waals surface area (Å²) in [6, 6.07) is 22.5. The van der Waals surface area contributed by atoms with E-state index in [0.29, 0.717) is 17.9 Å². The number of carbonyl (C=O) groups is 1. The summed E-state index contributed by atoms with van der Waals surface area (Å²) in [6.07, 6.45) is 5.42. The molecule has 34 heavy (non-hydrogen) atoms. The average molecular weight is 451 g/mol. The molecule has 2 aromatic heterocycles. The molecule has 170 valence electrons. The normalized spacial score (nSPS) is 12.5. The number of pyridine rings is 1. The molecule has 2 heterocycles. The molecule has 2 N–H and O–H groups in total. The predicted octanol–water partition coefficient (Wildman–Crippen LogP) is 4.43. The van der Waals surface area contributed by atoms with Crippen molar-refractivity contribution < 1.29 is 4.79 Å². The minimum atomic E-state index is -0.540. The van der Waals surface area contributed by atoms with Gasteiger partial charge < -0.3 is 10.6 Å². The highest BCUT2D eigenvalue weighted by molar-refractivity contribution is 5.95. The molecule has 0 radical (unpaired) electrons. The van der Waals surface area contributed by atoms with Crippen LogP contribution < -0.4 is 10.6 Å². The van der Waals surface area contributed by atoms with Crippen molar-refractivity contribution >= 4 is 11.7 Å². The lowest BCUT2D eigenvalue weighted by Gasteiger charge is -2.21. The Hall–Kier alpha value is -4.28. The van der Waals surface area contributed by atoms with Crippen molar-refractivity contribution in [3.05, 3.63) is 102 Å². The summed E-state index contributed by atoms with van der Waals surface area (Å²) >= 11 is 0. The van der Waals surface area contributed by atoms with E-state index in [1.807, 2.05) is 73.9 Å². The van der Waals surface area contributed by atoms with Crippen molar-refractivity contribution in [2.75, 3.05) is 11.9 Å². The second-order valence-corrected chi connectivity index (χ2v) is 8.21. The van der Waals surface area contributed by atoms with Crippen LogP contribution in [0, 0.1) is 11.3 Å². The second-order valence-electron chi connectivity index (χ2n) is 8.21. The minimum absolute atomic E-state index is 0.156. The number of benzene rings is 2. The van der Waals surface area contributed by atoms with E-state index in [2.05, 4.69) is 33.7 Å². The van der Waals surface area contributed by atoms with E-state index in [0.717, 1.165) is 22.3 Å². The number of carbonyl (C=O) groups excluding carboxylic acids is 1. The number of nitrogens with zero attached hydrogens (tertiary/aromatic N) is 4. The van der Waals surface area contributed by atoms with E-state index >= 15 is 0 Å². The molecule has 7 heteroatoms. The van der Waals surface area contributed by atoms with Crippen LogP contribution >= 0.6 is 0 Å². The monoisotopic (exact) mass is 450 g/mol. The van der Waals surface area contributed by atoms with Crippen LogP contribution in [-0.4, -0.2) is 27.2 Å². The Bertz CT molecular complexity index is 1270. The number of rotatable bonds is 8. The standard InChI is InChI=1S/C27H26N6O/c1-19(21-10-8-20(14-28)9-11-21)15-30-26(22-6-4-3-5-7-22)27(34)32-25-13-12-23(16-29-25)24-17-31-33(2)18-24/h3-13,16-19,26,30H,15H2,1-2H3,(H,29,32,34)/t19?,26-/m0/s1. The second kappa shape index (κ2) is 10.6. The first-order valence-corrected chi connectivity index (χ1v) is 11.1. The van der Waals surface area contributed by atoms with Gasteiger partial charge in [0, 0.05) is 37.1 Å². The lowest BCUT2D eigenvalue weighted by atomic mass is 9.98. The molecule has 4 rings (SSSR count). The topological polar surface area (TPSA) is 95.6 Å². The van der Waals surface area contributed by atoms with Crippen molar-refractivity contribution in [1.29, 1.82) is 5.26 Å². The van der Waals surface area contributed by atoms with Gasteiger partial charge in [-0.1, -0.05) is 49.4 Å². The highest BCUT2D eigenvalue weighted by Gasteiger charge is 2.21. The molecule has 0 fully saturated rings. The van der Waals surface area contributed by atoms with Gasteiger partial charge in [0.15, 0.2) is 0 Å². The van der Waals surface area contributed by atoms with Crippen LogP contribution in [0.3, 0.4) is 0 Å². The summed E-state index contributed by atoms with van der Waals surface area (Å²) in [5.74, 6) is 0.462. The SMILES string of the molecule is CC(CN[C@H](C(=O)Nc1ccc(-c2cnn(C)c2)cn1)c1ccccc1)c1ccc(C#N)cc1. The zero-order valence-electron chi connectivity index (χ0n) is 19.1. The summed E-state index contributed by atoms with van der Waals surface area (Å²) in [6.45, 7) is 2.68. The van der Waals surface area contributed by atoms with Crippen LogP contribution in [0.1, 0.15) is 35.6 Å². The van der Waals surface area contributed by atoms with Gasteiger partial charge >= 0.3 is 0 Å². The van der Waals surface area contributed by atoms with E-state index in [1.165, 1.54) is 0 Å². The van der Waals surface area contributed by atoms with Gasteiger partial charge in [-0.25, -0.2) is 4.98 Å². The van der Waals surface area contributed by atoms with Crippen LogP contribution in [0.25, 0.3) is 11.1 Å². The fraction of sp³-hybridized carbons (Fsp3) is 0.185. The Morgan fingerprint density at radius 3 is 2.38 bits per heavy atom. The molecule has 1 unspecified atom stereocenters. The molecular weight excluding hydrogens is 424 g/mol. The molecule has 4 aromatic rings. The van der Waals surface area contributed by atoms with Crippen molar-refractivity contribution in [3.63, 3.8) is 0 Å². The van der Waals surface area contributed by atoms with Gasteiger partial charge in [-0.15, -0.1) is 0 Å². The number of amides is 1. The van der Waals surface area contributed by atoms with E-state index in [-0.39, 0.29) is 11.8 Å². The highest BCUT2D eigenvalue weighted by Crippen LogP contribution is 2.21. The largest absolute Gasteiger partial charge is 0.309 e. The molecule has 0 saturated heterocycles. The highest BCUT2D eigenvalue weighted by atomic mass is 16.2. The lowest BCUT2D eigenvalue weighted by molar-refractivity contribution is -0.118. The predicted molar refractivity (Wildman–Crippen MR) is 132 cm³/mol. The molecule has 0 aliphatic carbocycles. The number of anilines is 1. The van der Waals surface area contributed by atoms with Gasteiger partial charge in [0.1, 0.15) is 11.9 Å². The van der Waals surface area contributed by atoms with Crippen LogP contribution in [0.4, 0.5) is 5.82 Å². The first-order chi connectivity index (χ1) is 16.5. The van der Waals surface area contributed by atoms with Crippen LogP contribution in [0.15, 0.2) is 85.3 Å². The van der Waals surface area contributed by atoms with Gasteiger partial charge in [-0.3, -0.25) is 9.48 Å². The minimum Gasteiger partial charge on any atom is -0.309 e. The van der Waals surface area contributed by atoms with Gasteiger partial charge in [-0.05, 0) is 41.3 Å². The fourth-order valence-electron chi connectivity index (χ4n) is 3.71. The molecule has 0 aliphatic heterocycles. The Labute approximate surface area is 199 Å². The number of nitrogens with one attached hydrogen (secondary N) is 2. The summed E-state index contributed by atoms with van der Waals surface area (Å²) in [5.41, 5.74) is 4.51. The Morgan fingerprint density at radius 1 is 1.00 bits per heavy atom. The van der Waals surface area contributed by atoms with Crippen LogP contribution in [0.2, 0.25) is 0 Å². The molecule has 0 bridgehead atoms. The summed E-state index contributed by atoms with van der Waals surface area (Å²) in [4.78, 5) is 17.7. The van der Waals surface area contributed by atoms with E-state index in [9.17, 15) is 4.79 Å². The molecule has 1 amide bonds. The molecule has 0 spiro atoms. The van der Waals surface area contributed by atoms with E-state index in [1.54, 1.807) is 23.1 Å². The number of nitriles is 1. The summed E-state index contributed by atoms with van der Waals surface area (Å²) in [7, 11) is 1.87. The fourth-order valence-corrected chi connectivity index (χ4v) is 3.71. The van der Waals surface area contributed by atoms with Crippen LogP contribution in [0.5, 0.6) is 0 Å². The van der Waals surface area contributed by atoms with E-state index in [4.69, 9.17) is 5.26 Å². The summed E-state index contributed by atoms with van der Waals surface area (Å²) < 4.78 is 1.74. The Kier molecular flexibility index (Phi) is 7.11. The Balaban J connectivity index is 1.46. The smallest absolute Gasteiger partial charge is 0.247 e. The van der Waals surface area contributed by atoms with Crippen LogP contribution in [-0.2, 0) is 11.8 Å².